The summed E-state index contributed by atoms with van der Waals surface area (Å²) in [5, 5.41) is 9.85. The van der Waals surface area contributed by atoms with Crippen molar-refractivity contribution in [2.45, 2.75) is 77.5 Å². The predicted octanol–water partition coefficient (Wildman–Crippen LogP) is 2.35. The van der Waals surface area contributed by atoms with Crippen LogP contribution < -0.4 is 16.0 Å². The molecule has 1 unspecified atom stereocenters. The fourth-order valence-corrected chi connectivity index (χ4v) is 3.39. The SMILES string of the molecule is CCCC(CNC(=NC)NC1CCN(CCCOC)CC1)NC(=O)OC(C)(C)C. The lowest BCUT2D eigenvalue weighted by Gasteiger charge is -2.33. The fourth-order valence-electron chi connectivity index (χ4n) is 3.39. The molecule has 1 rings (SSSR count). The van der Waals surface area contributed by atoms with E-state index in [9.17, 15) is 4.79 Å². The molecule has 0 aromatic rings. The van der Waals surface area contributed by atoms with Crippen molar-refractivity contribution in [3.05, 3.63) is 0 Å². The number of likely N-dealkylation sites (tertiary alicyclic amines) is 1. The smallest absolute Gasteiger partial charge is 0.407 e. The highest BCUT2D eigenvalue weighted by Gasteiger charge is 2.21. The summed E-state index contributed by atoms with van der Waals surface area (Å²) in [6.07, 6.45) is 4.77. The van der Waals surface area contributed by atoms with Gasteiger partial charge < -0.3 is 30.3 Å². The number of carbonyl (C=O) groups excluding carboxylic acids is 1. The number of piperidine rings is 1. The van der Waals surface area contributed by atoms with Crippen LogP contribution in [0, 0.1) is 0 Å². The number of rotatable bonds is 10. The van der Waals surface area contributed by atoms with Crippen LogP contribution in [-0.2, 0) is 9.47 Å². The Kier molecular flexibility index (Phi) is 12.0. The minimum Gasteiger partial charge on any atom is -0.444 e. The number of guanidine groups is 1. The molecule has 1 aliphatic rings. The van der Waals surface area contributed by atoms with Crippen molar-refractivity contribution in [2.24, 2.45) is 4.99 Å². The number of alkyl carbamates (subject to hydrolysis) is 1. The Morgan fingerprint density at radius 3 is 2.52 bits per heavy atom. The van der Waals surface area contributed by atoms with Crippen LogP contribution in [0.1, 0.15) is 59.8 Å². The third kappa shape index (κ3) is 11.9. The summed E-state index contributed by atoms with van der Waals surface area (Å²) in [6.45, 7) is 12.4. The number of ether oxygens (including phenoxy) is 2. The van der Waals surface area contributed by atoms with Crippen LogP contribution in [-0.4, -0.2) is 81.6 Å². The van der Waals surface area contributed by atoms with E-state index < -0.39 is 5.60 Å². The van der Waals surface area contributed by atoms with E-state index in [1.165, 1.54) is 0 Å². The van der Waals surface area contributed by atoms with Gasteiger partial charge in [0.1, 0.15) is 5.60 Å². The van der Waals surface area contributed by atoms with Crippen LogP contribution >= 0.6 is 0 Å². The van der Waals surface area contributed by atoms with Crippen LogP contribution in [0.4, 0.5) is 4.79 Å². The van der Waals surface area contributed by atoms with Crippen molar-refractivity contribution in [1.29, 1.82) is 0 Å². The highest BCUT2D eigenvalue weighted by molar-refractivity contribution is 5.80. The van der Waals surface area contributed by atoms with Crippen LogP contribution in [0.5, 0.6) is 0 Å². The summed E-state index contributed by atoms with van der Waals surface area (Å²) in [4.78, 5) is 18.9. The number of methoxy groups -OCH3 is 1. The van der Waals surface area contributed by atoms with Crippen LogP contribution in [0.15, 0.2) is 4.99 Å². The van der Waals surface area contributed by atoms with Crippen LogP contribution in [0.25, 0.3) is 0 Å². The van der Waals surface area contributed by atoms with Gasteiger partial charge in [-0.15, -0.1) is 0 Å². The van der Waals surface area contributed by atoms with E-state index in [1.54, 1.807) is 14.2 Å². The van der Waals surface area contributed by atoms with Gasteiger partial charge in [-0.3, -0.25) is 4.99 Å². The number of hydrogen-bond acceptors (Lipinski definition) is 5. The molecule has 0 aromatic carbocycles. The molecule has 1 aliphatic heterocycles. The van der Waals surface area contributed by atoms with E-state index in [0.29, 0.717) is 12.6 Å². The van der Waals surface area contributed by atoms with E-state index in [0.717, 1.165) is 64.3 Å². The van der Waals surface area contributed by atoms with Gasteiger partial charge in [-0.2, -0.15) is 0 Å². The van der Waals surface area contributed by atoms with Gasteiger partial charge in [0, 0.05) is 59.0 Å². The summed E-state index contributed by atoms with van der Waals surface area (Å²) in [6, 6.07) is 0.416. The zero-order valence-corrected chi connectivity index (χ0v) is 19.3. The summed E-state index contributed by atoms with van der Waals surface area (Å²) in [5.74, 6) is 0.787. The molecule has 0 bridgehead atoms. The number of nitrogens with zero attached hydrogens (tertiary/aromatic N) is 2. The lowest BCUT2D eigenvalue weighted by molar-refractivity contribution is 0.0502. The summed E-state index contributed by atoms with van der Waals surface area (Å²) < 4.78 is 10.5. The molecule has 8 heteroatoms. The molecule has 0 spiro atoms. The molecule has 1 atom stereocenters. The summed E-state index contributed by atoms with van der Waals surface area (Å²) in [7, 11) is 3.54. The standard InChI is InChI=1S/C21H43N5O3/c1-7-9-18(25-20(27)29-21(2,3)4)16-23-19(22-5)24-17-10-13-26(14-11-17)12-8-15-28-6/h17-18H,7-16H2,1-6H3,(H,25,27)(H2,22,23,24). The Morgan fingerprint density at radius 1 is 1.28 bits per heavy atom. The average molecular weight is 414 g/mol. The Morgan fingerprint density at radius 2 is 1.97 bits per heavy atom. The molecular weight excluding hydrogens is 370 g/mol. The Balaban J connectivity index is 2.38. The molecule has 1 fully saturated rings. The number of aliphatic imine (C=N–C) groups is 1. The average Bonchev–Trinajstić information content (AvgIpc) is 2.65. The zero-order chi connectivity index (χ0) is 21.7. The maximum Gasteiger partial charge on any atom is 0.407 e. The summed E-state index contributed by atoms with van der Waals surface area (Å²) >= 11 is 0. The minimum absolute atomic E-state index is 0.00367. The number of amides is 1. The molecule has 0 radical (unpaired) electrons. The number of carbonyl (C=O) groups is 1. The van der Waals surface area contributed by atoms with Gasteiger partial charge in [0.25, 0.3) is 0 Å². The largest absolute Gasteiger partial charge is 0.444 e. The minimum atomic E-state index is -0.496. The van der Waals surface area contributed by atoms with Gasteiger partial charge in [0.2, 0.25) is 0 Å². The number of nitrogens with one attached hydrogen (secondary N) is 3. The second-order valence-electron chi connectivity index (χ2n) is 8.69. The lowest BCUT2D eigenvalue weighted by Crippen LogP contribution is -2.52. The molecule has 8 nitrogen and oxygen atoms in total. The monoisotopic (exact) mass is 413 g/mol. The van der Waals surface area contributed by atoms with Gasteiger partial charge in [0.05, 0.1) is 0 Å². The molecule has 1 amide bonds. The van der Waals surface area contributed by atoms with Crippen LogP contribution in [0.3, 0.4) is 0 Å². The second kappa shape index (κ2) is 13.6. The fraction of sp³-hybridized carbons (Fsp3) is 0.905. The van der Waals surface area contributed by atoms with E-state index in [1.807, 2.05) is 20.8 Å². The van der Waals surface area contributed by atoms with Crippen molar-refractivity contribution >= 4 is 12.1 Å². The van der Waals surface area contributed by atoms with Gasteiger partial charge in [-0.1, -0.05) is 13.3 Å². The first kappa shape index (κ1) is 25.5. The molecule has 0 saturated carbocycles. The van der Waals surface area contributed by atoms with Crippen molar-refractivity contribution in [3.8, 4) is 0 Å². The van der Waals surface area contributed by atoms with E-state index in [4.69, 9.17) is 9.47 Å². The van der Waals surface area contributed by atoms with E-state index in [-0.39, 0.29) is 12.1 Å². The molecule has 29 heavy (non-hydrogen) atoms. The third-order valence-electron chi connectivity index (χ3n) is 4.85. The summed E-state index contributed by atoms with van der Waals surface area (Å²) in [5.41, 5.74) is -0.496. The van der Waals surface area contributed by atoms with Gasteiger partial charge in [0.15, 0.2) is 5.96 Å². The predicted molar refractivity (Wildman–Crippen MR) is 119 cm³/mol. The van der Waals surface area contributed by atoms with Gasteiger partial charge in [-0.25, -0.2) is 4.79 Å². The first-order valence-electron chi connectivity index (χ1n) is 10.9. The highest BCUT2D eigenvalue weighted by Crippen LogP contribution is 2.11. The van der Waals surface area contributed by atoms with Crippen LogP contribution in [0.2, 0.25) is 0 Å². The molecule has 1 saturated heterocycles. The maximum absolute atomic E-state index is 12.1. The molecule has 0 aliphatic carbocycles. The zero-order valence-electron chi connectivity index (χ0n) is 19.3. The highest BCUT2D eigenvalue weighted by atomic mass is 16.6. The lowest BCUT2D eigenvalue weighted by atomic mass is 10.1. The van der Waals surface area contributed by atoms with Crippen molar-refractivity contribution in [1.82, 2.24) is 20.9 Å². The number of hydrogen-bond donors (Lipinski definition) is 3. The quantitative estimate of drug-likeness (QED) is 0.289. The van der Waals surface area contributed by atoms with E-state index in [2.05, 4.69) is 32.8 Å². The molecule has 3 N–H and O–H groups in total. The Labute approximate surface area is 177 Å². The van der Waals surface area contributed by atoms with Crippen molar-refractivity contribution in [3.63, 3.8) is 0 Å². The molecular formula is C21H43N5O3. The third-order valence-corrected chi connectivity index (χ3v) is 4.85. The van der Waals surface area contributed by atoms with Gasteiger partial charge >= 0.3 is 6.09 Å². The molecule has 170 valence electrons. The first-order chi connectivity index (χ1) is 13.8. The molecule has 1 heterocycles. The topological polar surface area (TPSA) is 87.2 Å². The second-order valence-corrected chi connectivity index (χ2v) is 8.69. The van der Waals surface area contributed by atoms with Gasteiger partial charge in [-0.05, 0) is 46.5 Å². The maximum atomic E-state index is 12.1. The van der Waals surface area contributed by atoms with Crippen molar-refractivity contribution in [2.75, 3.05) is 46.9 Å². The van der Waals surface area contributed by atoms with Crippen molar-refractivity contribution < 1.29 is 14.3 Å². The normalized spacial score (nSPS) is 17.7. The van der Waals surface area contributed by atoms with E-state index >= 15 is 0 Å². The Bertz CT molecular complexity index is 485. The molecule has 0 aromatic heterocycles. The Hall–Kier alpha value is -1.54. The first-order valence-corrected chi connectivity index (χ1v) is 10.9.